The first-order valence-corrected chi connectivity index (χ1v) is 15.5. The maximum Gasteiger partial charge on any atom is 0.326 e. The Bertz CT molecular complexity index is 1430. The number of aryl methyl sites for hydroxylation is 3. The summed E-state index contributed by atoms with van der Waals surface area (Å²) in [7, 11) is 0. The molecule has 0 saturated heterocycles. The number of hydrogen-bond donors (Lipinski definition) is 3. The number of nitrogens with one attached hydrogen (secondary N) is 2. The van der Waals surface area contributed by atoms with E-state index in [9.17, 15) is 19.1 Å². The maximum atomic E-state index is 13.6. The fourth-order valence-electron chi connectivity index (χ4n) is 4.41. The van der Waals surface area contributed by atoms with E-state index in [1.165, 1.54) is 35.2 Å². The quantitative estimate of drug-likeness (QED) is 0.169. The van der Waals surface area contributed by atoms with E-state index in [2.05, 4.69) is 20.3 Å². The van der Waals surface area contributed by atoms with Gasteiger partial charge < -0.3 is 20.1 Å². The number of thiazole rings is 1. The molecule has 11 heteroatoms. The number of carboxylic acids is 1. The van der Waals surface area contributed by atoms with E-state index in [1.54, 1.807) is 30.6 Å². The minimum atomic E-state index is -1.07. The van der Waals surface area contributed by atoms with Gasteiger partial charge in [0, 0.05) is 35.5 Å². The number of benzene rings is 2. The fourth-order valence-corrected chi connectivity index (χ4v) is 5.59. The second kappa shape index (κ2) is 14.9. The summed E-state index contributed by atoms with van der Waals surface area (Å²) in [5, 5.41) is 15.0. The summed E-state index contributed by atoms with van der Waals surface area (Å²) in [5.74, 6) is -0.404. The van der Waals surface area contributed by atoms with Crippen LogP contribution in [0.2, 0.25) is 0 Å². The summed E-state index contributed by atoms with van der Waals surface area (Å²) in [5.41, 5.74) is 3.78. The molecule has 2 heterocycles. The number of carboxylic acid groups (broad SMARTS) is 1. The van der Waals surface area contributed by atoms with Gasteiger partial charge in [-0.05, 0) is 73.1 Å². The number of aliphatic carboxylic acids is 1. The largest absolute Gasteiger partial charge is 0.480 e. The zero-order chi connectivity index (χ0) is 29.2. The van der Waals surface area contributed by atoms with Crippen molar-refractivity contribution in [3.05, 3.63) is 105 Å². The fraction of sp³-hybridized carbons (Fsp3) is 0.333. The maximum absolute atomic E-state index is 13.6. The molecule has 3 N–H and O–H groups in total. The molecule has 2 aromatic carbocycles. The van der Waals surface area contributed by atoms with Gasteiger partial charge in [-0.15, -0.1) is 11.3 Å². The monoisotopic (exact) mass is 596 g/mol. The van der Waals surface area contributed by atoms with Crippen LogP contribution in [0.3, 0.4) is 0 Å². The van der Waals surface area contributed by atoms with Crippen molar-refractivity contribution in [3.63, 3.8) is 0 Å². The molecule has 0 spiro atoms. The summed E-state index contributed by atoms with van der Waals surface area (Å²) in [6, 6.07) is 10.8. The van der Waals surface area contributed by atoms with Crippen LogP contribution in [0.5, 0.6) is 0 Å². The number of carbonyl (C=O) groups is 2. The lowest BCUT2D eigenvalue weighted by atomic mass is 9.95. The molecule has 0 saturated carbocycles. The molecule has 0 aliphatic heterocycles. The zero-order valence-electron chi connectivity index (χ0n) is 22.9. The number of rotatable bonds is 15. The zero-order valence-corrected chi connectivity index (χ0v) is 24.6. The van der Waals surface area contributed by atoms with Gasteiger partial charge in [0.05, 0.1) is 6.61 Å². The van der Waals surface area contributed by atoms with Crippen molar-refractivity contribution in [2.75, 3.05) is 18.6 Å². The van der Waals surface area contributed by atoms with Gasteiger partial charge in [-0.1, -0.05) is 24.3 Å². The Morgan fingerprint density at radius 3 is 2.61 bits per heavy atom. The molecule has 41 heavy (non-hydrogen) atoms. The Hall–Kier alpha value is -3.54. The first-order valence-electron chi connectivity index (χ1n) is 13.3. The molecular weight excluding hydrogens is 563 g/mol. The van der Waals surface area contributed by atoms with Crippen LogP contribution >= 0.6 is 23.1 Å². The van der Waals surface area contributed by atoms with Crippen LogP contribution < -0.4 is 5.32 Å². The van der Waals surface area contributed by atoms with E-state index in [4.69, 9.17) is 4.74 Å². The smallest absolute Gasteiger partial charge is 0.326 e. The number of amides is 1. The third-order valence-corrected chi connectivity index (χ3v) is 8.04. The van der Waals surface area contributed by atoms with Crippen molar-refractivity contribution in [1.29, 1.82) is 0 Å². The molecule has 0 radical (unpaired) electrons. The first kappa shape index (κ1) is 30.4. The minimum Gasteiger partial charge on any atom is -0.480 e. The predicted molar refractivity (Wildman–Crippen MR) is 159 cm³/mol. The number of ether oxygens (including phenoxy) is 1. The van der Waals surface area contributed by atoms with Crippen molar-refractivity contribution in [3.8, 4) is 0 Å². The van der Waals surface area contributed by atoms with E-state index in [-0.39, 0.29) is 5.82 Å². The SMILES string of the molecule is CSCC[C@H](NC(=O)c1cc(C(OCCc2cnc(C)[nH]2)c2nccs2)ccc1CCc1ccc(F)cc1)C(=O)O. The molecule has 2 aromatic heterocycles. The van der Waals surface area contributed by atoms with Crippen molar-refractivity contribution in [2.24, 2.45) is 0 Å². The number of imidazole rings is 1. The number of aromatic amines is 1. The van der Waals surface area contributed by atoms with Crippen LogP contribution in [0.15, 0.2) is 60.2 Å². The summed E-state index contributed by atoms with van der Waals surface area (Å²) >= 11 is 2.98. The standard InChI is InChI=1S/C30H33FN4O4S2/c1-19-33-18-24(34-19)11-14-39-27(29-32-13-16-41-29)22-8-7-21(6-3-20-4-9-23(31)10-5-20)25(17-22)28(36)35-26(30(37)38)12-15-40-2/h4-5,7-10,13,16-18,26-27H,3,6,11-12,14-15H2,1-2H3,(H,33,34)(H,35,36)(H,37,38)/t26-,27?/m0/s1. The highest BCUT2D eigenvalue weighted by molar-refractivity contribution is 7.98. The summed E-state index contributed by atoms with van der Waals surface area (Å²) in [4.78, 5) is 37.3. The summed E-state index contributed by atoms with van der Waals surface area (Å²) < 4.78 is 19.7. The molecule has 4 aromatic rings. The van der Waals surface area contributed by atoms with Gasteiger partial charge in [0.25, 0.3) is 5.91 Å². The topological polar surface area (TPSA) is 117 Å². The minimum absolute atomic E-state index is 0.306. The number of H-pyrrole nitrogens is 1. The third-order valence-electron chi connectivity index (χ3n) is 6.58. The molecule has 0 aliphatic carbocycles. The van der Waals surface area contributed by atoms with Crippen LogP contribution in [-0.2, 0) is 28.8 Å². The molecule has 1 amide bonds. The number of thioether (sulfide) groups is 1. The highest BCUT2D eigenvalue weighted by atomic mass is 32.2. The van der Waals surface area contributed by atoms with Crippen LogP contribution in [0.4, 0.5) is 4.39 Å². The third kappa shape index (κ3) is 8.72. The first-order chi connectivity index (χ1) is 19.8. The number of halogens is 1. The highest BCUT2D eigenvalue weighted by Crippen LogP contribution is 2.30. The van der Waals surface area contributed by atoms with Crippen molar-refractivity contribution in [2.45, 2.75) is 44.8 Å². The van der Waals surface area contributed by atoms with Gasteiger partial charge in [0.15, 0.2) is 0 Å². The Morgan fingerprint density at radius 2 is 1.95 bits per heavy atom. The van der Waals surface area contributed by atoms with Gasteiger partial charge in [-0.3, -0.25) is 4.79 Å². The van der Waals surface area contributed by atoms with Gasteiger partial charge in [0.2, 0.25) is 0 Å². The Morgan fingerprint density at radius 1 is 1.15 bits per heavy atom. The van der Waals surface area contributed by atoms with E-state index >= 15 is 0 Å². The second-order valence-electron chi connectivity index (χ2n) is 9.55. The number of carbonyl (C=O) groups excluding carboxylic acids is 1. The van der Waals surface area contributed by atoms with Crippen LogP contribution in [-0.4, -0.2) is 56.6 Å². The molecule has 0 bridgehead atoms. The Kier molecular flexibility index (Phi) is 11.1. The number of nitrogens with zero attached hydrogens (tertiary/aromatic N) is 2. The highest BCUT2D eigenvalue weighted by Gasteiger charge is 2.24. The van der Waals surface area contributed by atoms with Gasteiger partial charge in [0.1, 0.15) is 28.8 Å². The Labute approximate surface area is 246 Å². The molecular formula is C30H33FN4O4S2. The average molecular weight is 597 g/mol. The number of aromatic nitrogens is 3. The lowest BCUT2D eigenvalue weighted by Gasteiger charge is -2.20. The van der Waals surface area contributed by atoms with Crippen LogP contribution in [0, 0.1) is 12.7 Å². The normalized spacial score (nSPS) is 12.7. The average Bonchev–Trinajstić information content (AvgIpc) is 3.65. The molecule has 8 nitrogen and oxygen atoms in total. The molecule has 0 aliphatic rings. The van der Waals surface area contributed by atoms with Crippen molar-refractivity contribution in [1.82, 2.24) is 20.3 Å². The van der Waals surface area contributed by atoms with Crippen LogP contribution in [0.1, 0.15) is 56.1 Å². The molecule has 4 rings (SSSR count). The summed E-state index contributed by atoms with van der Waals surface area (Å²) in [6.07, 6.45) is 6.91. The van der Waals surface area contributed by atoms with Gasteiger partial charge >= 0.3 is 5.97 Å². The van der Waals surface area contributed by atoms with Crippen LogP contribution in [0.25, 0.3) is 0 Å². The van der Waals surface area contributed by atoms with E-state index in [1.807, 2.05) is 30.7 Å². The van der Waals surface area contributed by atoms with Crippen molar-refractivity contribution >= 4 is 35.0 Å². The van der Waals surface area contributed by atoms with E-state index in [0.717, 1.165) is 33.2 Å². The predicted octanol–water partition coefficient (Wildman–Crippen LogP) is 5.38. The van der Waals surface area contributed by atoms with Gasteiger partial charge in [-0.25, -0.2) is 19.2 Å². The number of hydrogen-bond acceptors (Lipinski definition) is 7. The van der Waals surface area contributed by atoms with E-state index in [0.29, 0.717) is 43.6 Å². The molecule has 216 valence electrons. The summed E-state index contributed by atoms with van der Waals surface area (Å²) in [6.45, 7) is 2.29. The lowest BCUT2D eigenvalue weighted by Crippen LogP contribution is -2.41. The molecule has 2 atom stereocenters. The van der Waals surface area contributed by atoms with Gasteiger partial charge in [-0.2, -0.15) is 11.8 Å². The second-order valence-corrected chi connectivity index (χ2v) is 11.5. The molecule has 1 unspecified atom stereocenters. The molecule has 0 fully saturated rings. The lowest BCUT2D eigenvalue weighted by molar-refractivity contribution is -0.139. The van der Waals surface area contributed by atoms with Crippen molar-refractivity contribution < 1.29 is 23.8 Å². The van der Waals surface area contributed by atoms with E-state index < -0.39 is 24.0 Å². The Balaban J connectivity index is 1.61.